The van der Waals surface area contributed by atoms with E-state index in [2.05, 4.69) is 0 Å². The van der Waals surface area contributed by atoms with Crippen molar-refractivity contribution in [2.45, 2.75) is 9.79 Å². The van der Waals surface area contributed by atoms with Gasteiger partial charge in [-0.15, -0.1) is 0 Å². The fourth-order valence-electron chi connectivity index (χ4n) is 3.89. The van der Waals surface area contributed by atoms with E-state index in [9.17, 15) is 13.5 Å². The molecule has 0 unspecified atom stereocenters. The third-order valence-electron chi connectivity index (χ3n) is 5.08. The molecule has 4 aromatic rings. The molecule has 3 N–H and O–H groups in total. The molecule has 5 heteroatoms. The maximum atomic E-state index is 13.3. The number of anilines is 1. The first-order valence-corrected chi connectivity index (χ1v) is 9.96. The third-order valence-corrected chi connectivity index (χ3v) is 6.95. The van der Waals surface area contributed by atoms with Gasteiger partial charge in [-0.3, -0.25) is 0 Å². The van der Waals surface area contributed by atoms with Crippen molar-refractivity contribution < 1.29 is 13.5 Å². The number of phenolic OH excluding ortho intramolecular Hbond substituents is 1. The van der Waals surface area contributed by atoms with E-state index < -0.39 is 9.84 Å². The number of aromatic hydroxyl groups is 1. The normalized spacial score (nSPS) is 12.3. The van der Waals surface area contributed by atoms with Gasteiger partial charge in [0, 0.05) is 11.5 Å². The van der Waals surface area contributed by atoms with Crippen LogP contribution in [0.4, 0.5) is 5.69 Å². The van der Waals surface area contributed by atoms with E-state index in [1.54, 1.807) is 6.07 Å². The summed E-state index contributed by atoms with van der Waals surface area (Å²) in [5.74, 6) is -0.138. The average Bonchev–Trinajstić information content (AvgIpc) is 3.00. The summed E-state index contributed by atoms with van der Waals surface area (Å²) in [5, 5.41) is 11.3. The fourth-order valence-corrected chi connectivity index (χ4v) is 5.49. The number of nitrogen functional groups attached to an aromatic ring is 1. The van der Waals surface area contributed by atoms with E-state index in [0.29, 0.717) is 5.39 Å². The number of benzene rings is 4. The first kappa shape index (κ1) is 15.9. The minimum Gasteiger partial charge on any atom is -0.508 e. The van der Waals surface area contributed by atoms with Crippen molar-refractivity contribution in [1.29, 1.82) is 0 Å². The van der Waals surface area contributed by atoms with Crippen molar-refractivity contribution in [3.63, 3.8) is 0 Å². The highest BCUT2D eigenvalue weighted by molar-refractivity contribution is 7.92. The molecule has 132 valence electrons. The minimum absolute atomic E-state index is 0.0845. The Morgan fingerprint density at radius 3 is 2.11 bits per heavy atom. The van der Waals surface area contributed by atoms with E-state index in [1.165, 1.54) is 18.2 Å². The molecule has 0 aromatic heterocycles. The molecule has 0 aliphatic heterocycles. The predicted octanol–water partition coefficient (Wildman–Crippen LogP) is 4.61. The quantitative estimate of drug-likeness (QED) is 0.350. The minimum atomic E-state index is -3.90. The zero-order valence-electron chi connectivity index (χ0n) is 14.2. The van der Waals surface area contributed by atoms with Crippen molar-refractivity contribution in [1.82, 2.24) is 0 Å². The summed E-state index contributed by atoms with van der Waals surface area (Å²) in [6, 6.07) is 21.2. The Kier molecular flexibility index (Phi) is 3.15. The molecule has 0 saturated heterocycles. The molecule has 1 aliphatic carbocycles. The molecule has 0 atom stereocenters. The zero-order valence-corrected chi connectivity index (χ0v) is 15.0. The van der Waals surface area contributed by atoms with Crippen LogP contribution in [-0.2, 0) is 9.84 Å². The monoisotopic (exact) mass is 373 g/mol. The molecule has 0 fully saturated rings. The van der Waals surface area contributed by atoms with Crippen molar-refractivity contribution in [2.24, 2.45) is 0 Å². The molecule has 0 amide bonds. The average molecular weight is 373 g/mol. The molecule has 1 aliphatic rings. The Labute approximate surface area is 156 Å². The summed E-state index contributed by atoms with van der Waals surface area (Å²) in [5.41, 5.74) is 10.3. The number of nitrogens with two attached hydrogens (primary N) is 1. The highest BCUT2D eigenvalue weighted by Gasteiger charge is 2.28. The lowest BCUT2D eigenvalue weighted by Crippen LogP contribution is -2.06. The smallest absolute Gasteiger partial charge is 0.209 e. The molecule has 27 heavy (non-hydrogen) atoms. The summed E-state index contributed by atoms with van der Waals surface area (Å²) in [7, 11) is -3.90. The van der Waals surface area contributed by atoms with Crippen molar-refractivity contribution in [3.05, 3.63) is 72.8 Å². The molecule has 4 nitrogen and oxygen atoms in total. The van der Waals surface area contributed by atoms with E-state index in [4.69, 9.17) is 5.73 Å². The lowest BCUT2D eigenvalue weighted by atomic mass is 10.0. The largest absolute Gasteiger partial charge is 0.508 e. The van der Waals surface area contributed by atoms with Crippen LogP contribution in [0, 0.1) is 0 Å². The van der Waals surface area contributed by atoms with Crippen molar-refractivity contribution in [3.8, 4) is 28.0 Å². The maximum absolute atomic E-state index is 13.3. The predicted molar refractivity (Wildman–Crippen MR) is 106 cm³/mol. The summed E-state index contributed by atoms with van der Waals surface area (Å²) < 4.78 is 26.7. The molecule has 5 rings (SSSR count). The number of phenols is 1. The van der Waals surface area contributed by atoms with Crippen LogP contribution in [0.1, 0.15) is 0 Å². The Hall–Kier alpha value is -3.31. The van der Waals surface area contributed by atoms with Gasteiger partial charge in [-0.05, 0) is 45.8 Å². The van der Waals surface area contributed by atoms with Gasteiger partial charge in [0.2, 0.25) is 9.84 Å². The molecular weight excluding hydrogens is 358 g/mol. The van der Waals surface area contributed by atoms with Crippen LogP contribution in [0.15, 0.2) is 82.6 Å². The van der Waals surface area contributed by atoms with Crippen LogP contribution >= 0.6 is 0 Å². The Balaban J connectivity index is 1.85. The zero-order chi connectivity index (χ0) is 18.8. The molecule has 0 saturated carbocycles. The second-order valence-corrected chi connectivity index (χ2v) is 8.50. The lowest BCUT2D eigenvalue weighted by Gasteiger charge is -2.12. The number of rotatable bonds is 2. The highest BCUT2D eigenvalue weighted by Crippen LogP contribution is 2.48. The van der Waals surface area contributed by atoms with Gasteiger partial charge in [-0.2, -0.15) is 0 Å². The molecule has 4 aromatic carbocycles. The van der Waals surface area contributed by atoms with E-state index in [-0.39, 0.29) is 21.2 Å². The van der Waals surface area contributed by atoms with Gasteiger partial charge in [0.25, 0.3) is 0 Å². The van der Waals surface area contributed by atoms with Gasteiger partial charge in [-0.25, -0.2) is 8.42 Å². The topological polar surface area (TPSA) is 80.4 Å². The fraction of sp³-hybridized carbons (Fsp3) is 0. The number of hydrogen-bond donors (Lipinski definition) is 2. The Morgan fingerprint density at radius 2 is 1.37 bits per heavy atom. The lowest BCUT2D eigenvalue weighted by molar-refractivity contribution is 0.473. The molecular formula is C22H15NO3S. The van der Waals surface area contributed by atoms with Gasteiger partial charge in [0.1, 0.15) is 5.75 Å². The van der Waals surface area contributed by atoms with Gasteiger partial charge < -0.3 is 10.8 Å². The second-order valence-electron chi connectivity index (χ2n) is 6.61. The summed E-state index contributed by atoms with van der Waals surface area (Å²) in [4.78, 5) is 0.104. The maximum Gasteiger partial charge on any atom is 0.209 e. The molecule has 0 heterocycles. The van der Waals surface area contributed by atoms with Gasteiger partial charge in [0.05, 0.1) is 15.5 Å². The van der Waals surface area contributed by atoms with E-state index in [1.807, 2.05) is 48.5 Å². The third kappa shape index (κ3) is 2.12. The number of fused-ring (bicyclic) bond motifs is 3. The molecule has 0 radical (unpaired) electrons. The number of sulfone groups is 1. The summed E-state index contributed by atoms with van der Waals surface area (Å²) >= 11 is 0. The Morgan fingerprint density at radius 1 is 0.704 bits per heavy atom. The Bertz CT molecular complexity index is 1330. The highest BCUT2D eigenvalue weighted by atomic mass is 32.2. The summed E-state index contributed by atoms with van der Waals surface area (Å²) in [6.07, 6.45) is 0. The van der Waals surface area contributed by atoms with Crippen molar-refractivity contribution in [2.75, 3.05) is 5.73 Å². The SMILES string of the molecule is Nc1ccc(O)cc1S(=O)(=O)c1ccc2c3c(cccc13)-c1ccccc1-2. The van der Waals surface area contributed by atoms with E-state index in [0.717, 1.165) is 27.6 Å². The van der Waals surface area contributed by atoms with Crippen LogP contribution in [0.25, 0.3) is 33.0 Å². The standard InChI is InChI=1S/C22H15NO3S/c23-19-10-8-13(24)12-21(19)27(25,26)20-11-9-17-15-5-2-1-4-14(15)16-6-3-7-18(20)22(16)17/h1-12,24H,23H2. The van der Waals surface area contributed by atoms with Gasteiger partial charge >= 0.3 is 0 Å². The van der Waals surface area contributed by atoms with Crippen molar-refractivity contribution >= 4 is 26.3 Å². The first-order valence-electron chi connectivity index (χ1n) is 8.47. The van der Waals surface area contributed by atoms with Gasteiger partial charge in [-0.1, -0.05) is 48.5 Å². The van der Waals surface area contributed by atoms with Gasteiger partial charge in [0.15, 0.2) is 0 Å². The first-order chi connectivity index (χ1) is 13.0. The molecule has 0 spiro atoms. The van der Waals surface area contributed by atoms with Crippen LogP contribution < -0.4 is 5.73 Å². The van der Waals surface area contributed by atoms with Crippen LogP contribution in [-0.4, -0.2) is 13.5 Å². The van der Waals surface area contributed by atoms with E-state index >= 15 is 0 Å². The van der Waals surface area contributed by atoms with Crippen LogP contribution in [0.2, 0.25) is 0 Å². The molecule has 0 bridgehead atoms. The second kappa shape index (κ2) is 5.34. The number of hydrogen-bond acceptors (Lipinski definition) is 4. The van der Waals surface area contributed by atoms with Crippen LogP contribution in [0.3, 0.4) is 0 Å². The summed E-state index contributed by atoms with van der Waals surface area (Å²) in [6.45, 7) is 0. The van der Waals surface area contributed by atoms with Crippen LogP contribution in [0.5, 0.6) is 5.75 Å².